The first-order chi connectivity index (χ1) is 45.9. The molecule has 98 heavy (non-hydrogen) atoms. The molecule has 0 aromatic heterocycles. The molecule has 0 bridgehead atoms. The summed E-state index contributed by atoms with van der Waals surface area (Å²) in [4.78, 5) is 56.7. The average molecular weight is 1400 g/mol. The van der Waals surface area contributed by atoms with Gasteiger partial charge in [0.25, 0.3) is 0 Å². The molecule has 0 radical (unpaired) electrons. The van der Waals surface area contributed by atoms with E-state index < -0.39 is 212 Å². The summed E-state index contributed by atoms with van der Waals surface area (Å²) in [5.74, 6) is -5.46. The lowest BCUT2D eigenvalue weighted by atomic mass is 9.33. The minimum absolute atomic E-state index is 0.0532. The van der Waals surface area contributed by atoms with E-state index in [0.29, 0.717) is 64.2 Å². The molecule has 0 spiro atoms. The van der Waals surface area contributed by atoms with Crippen LogP contribution in [0.25, 0.3) is 0 Å². The van der Waals surface area contributed by atoms with Gasteiger partial charge in [0.15, 0.2) is 18.7 Å². The lowest BCUT2D eigenvalue weighted by molar-refractivity contribution is -0.370. The SMILES string of the molecule is CC[C@@H]1OCC(O)(O[C@@H](C[C@H](O)CC(=O)N[C@@H](C[C@H](O)CC(=O)N[C@H]2C(CO)O[C@@H](OC(=O)[C@]34CCC(C)(C)CC3C3=CCC5C6(C)CC[C@H](O)[C@](C)(C=O)C6CCC5(C)[C@]3(C)C[C@H]4O)C(O[C@@H]3O[C@H](C)[C@H](O[C@@H]4OC[C@@H](O)C(O)C4O)C(O)C3O)C2O)[C@@H](C)CC)[C@@H](C)CC)C1O. The maximum absolute atomic E-state index is 15.9. The van der Waals surface area contributed by atoms with Crippen LogP contribution in [0, 0.1) is 62.1 Å². The first-order valence-electron chi connectivity index (χ1n) is 36.2. The van der Waals surface area contributed by atoms with Crippen molar-refractivity contribution in [3.05, 3.63) is 11.6 Å². The van der Waals surface area contributed by atoms with Gasteiger partial charge in [0.1, 0.15) is 73.2 Å². The van der Waals surface area contributed by atoms with Gasteiger partial charge >= 0.3 is 5.97 Å². The van der Waals surface area contributed by atoms with Gasteiger partial charge in [-0.2, -0.15) is 0 Å². The Bertz CT molecular complexity index is 2780. The van der Waals surface area contributed by atoms with Crippen molar-refractivity contribution in [2.45, 2.75) is 326 Å². The van der Waals surface area contributed by atoms with Gasteiger partial charge in [-0.1, -0.05) is 101 Å². The molecule has 4 aliphatic heterocycles. The molecule has 27 nitrogen and oxygen atoms in total. The van der Waals surface area contributed by atoms with Crippen molar-refractivity contribution in [1.82, 2.24) is 10.6 Å². The van der Waals surface area contributed by atoms with Gasteiger partial charge in [0, 0.05) is 12.5 Å². The van der Waals surface area contributed by atoms with Crippen LogP contribution in [-0.4, -0.2) is 251 Å². The summed E-state index contributed by atoms with van der Waals surface area (Å²) in [5, 5.41) is 153. The van der Waals surface area contributed by atoms with Gasteiger partial charge in [-0.15, -0.1) is 0 Å². The summed E-state index contributed by atoms with van der Waals surface area (Å²) < 4.78 is 48.2. The number of hydrogen-bond donors (Lipinski definition) is 15. The summed E-state index contributed by atoms with van der Waals surface area (Å²) in [6, 6.07) is -2.35. The van der Waals surface area contributed by atoms with Crippen LogP contribution in [-0.2, 0) is 57.1 Å². The van der Waals surface area contributed by atoms with Gasteiger partial charge in [-0.25, -0.2) is 0 Å². The highest BCUT2D eigenvalue weighted by Crippen LogP contribution is 2.76. The Hall–Kier alpha value is -2.98. The van der Waals surface area contributed by atoms with Crippen LogP contribution in [0.1, 0.15) is 186 Å². The number of amides is 2. The number of carbonyl (C=O) groups is 4. The Morgan fingerprint density at radius 1 is 0.714 bits per heavy atom. The monoisotopic (exact) mass is 1400 g/mol. The van der Waals surface area contributed by atoms with Crippen LogP contribution in [0.5, 0.6) is 0 Å². The minimum Gasteiger partial charge on any atom is -0.432 e. The molecule has 0 aromatic carbocycles. The van der Waals surface area contributed by atoms with Crippen molar-refractivity contribution in [2.75, 3.05) is 19.8 Å². The zero-order valence-electron chi connectivity index (χ0n) is 59.4. The normalized spacial score (nSPS) is 46.5. The number of aliphatic hydroxyl groups excluding tert-OH is 12. The van der Waals surface area contributed by atoms with E-state index in [2.05, 4.69) is 51.3 Å². The Labute approximate surface area is 576 Å². The van der Waals surface area contributed by atoms with E-state index in [1.807, 2.05) is 34.6 Å². The van der Waals surface area contributed by atoms with Crippen LogP contribution in [0.4, 0.5) is 0 Å². The van der Waals surface area contributed by atoms with Crippen LogP contribution in [0.2, 0.25) is 0 Å². The standard InChI is InChI=1S/C71H118N2O25/c1-13-34(4)41(72-50(81)27-38(77)25-44(35(5)14-2)98-71(90)33-92-43(15-3)60(71)88)24-37(76)26-51(82)73-52-45(30-74)94-63(59(54(52)84)96-62-57(87)55(85)58(36(6)93-62)95-61-56(86)53(83)42(78)31-91-61)97-64(89)70-23-22-65(7,8)28-40(70)39-16-17-47-66(9)20-19-48(79)67(10,32-75)46(66)18-21-68(47,11)69(39,12)29-49(70)80/h16,32,34-38,40-49,52-63,74,76-80,83-88,90H,13-15,17-31,33H2,1-12H3,(H,72,81)(H,73,82)/t34-,35-,36+,37-,38-,40?,41-,42+,43-,44-,45?,46?,47?,48-,49+,52-,53?,54?,55?,56?,57?,58-,59?,60?,61-,62-,63-,66?,67+,68?,69+,70+,71?/m0/s1. The molecule has 15 N–H and O–H groups in total. The first kappa shape index (κ1) is 79.1. The first-order valence-corrected chi connectivity index (χ1v) is 36.2. The fourth-order valence-electron chi connectivity index (χ4n) is 19.3. The number of esters is 1. The van der Waals surface area contributed by atoms with Gasteiger partial charge in [0.2, 0.25) is 23.9 Å². The van der Waals surface area contributed by atoms with Gasteiger partial charge < -0.3 is 120 Å². The van der Waals surface area contributed by atoms with Crippen LogP contribution in [0.3, 0.4) is 0 Å². The molecule has 0 aromatic rings. The van der Waals surface area contributed by atoms with Crippen LogP contribution in [0.15, 0.2) is 11.6 Å². The van der Waals surface area contributed by atoms with E-state index in [0.717, 1.165) is 11.9 Å². The lowest BCUT2D eigenvalue weighted by Gasteiger charge is -2.71. The Morgan fingerprint density at radius 3 is 2.01 bits per heavy atom. The fraction of sp³-hybridized carbons (Fsp3) is 0.915. The van der Waals surface area contributed by atoms with E-state index in [1.54, 1.807) is 6.92 Å². The quantitative estimate of drug-likeness (QED) is 0.0264. The molecule has 9 aliphatic rings. The molecule has 27 heteroatoms. The molecular formula is C71H118N2O25. The minimum atomic E-state index is -2.05. The van der Waals surface area contributed by atoms with Crippen molar-refractivity contribution < 1.29 is 123 Å². The Kier molecular flexibility index (Phi) is 24.7. The molecule has 562 valence electrons. The zero-order valence-corrected chi connectivity index (χ0v) is 59.4. The molecule has 5 aliphatic carbocycles. The summed E-state index contributed by atoms with van der Waals surface area (Å²) in [7, 11) is 0. The zero-order chi connectivity index (χ0) is 72.3. The summed E-state index contributed by atoms with van der Waals surface area (Å²) in [6.45, 7) is 21.9. The molecule has 4 saturated heterocycles. The predicted molar refractivity (Wildman–Crippen MR) is 348 cm³/mol. The number of allylic oxidation sites excluding steroid dienone is 2. The number of hydrogen-bond acceptors (Lipinski definition) is 25. The van der Waals surface area contributed by atoms with Crippen LogP contribution < -0.4 is 10.6 Å². The number of nitrogens with one attached hydrogen (secondary N) is 2. The highest BCUT2D eigenvalue weighted by molar-refractivity contribution is 5.80. The third-order valence-corrected chi connectivity index (χ3v) is 26.1. The van der Waals surface area contributed by atoms with E-state index in [4.69, 9.17) is 37.9 Å². The molecule has 2 amide bonds. The topological polar surface area (TPSA) is 429 Å². The fourth-order valence-corrected chi connectivity index (χ4v) is 19.3. The van der Waals surface area contributed by atoms with Gasteiger partial charge in [-0.3, -0.25) is 14.4 Å². The van der Waals surface area contributed by atoms with Gasteiger partial charge in [0.05, 0.1) is 80.2 Å². The summed E-state index contributed by atoms with van der Waals surface area (Å²) in [6.07, 6.45) is -22.2. The molecule has 33 atom stereocenters. The average Bonchev–Trinajstić information content (AvgIpc) is 0.756. The summed E-state index contributed by atoms with van der Waals surface area (Å²) >= 11 is 0. The van der Waals surface area contributed by atoms with Crippen molar-refractivity contribution in [2.24, 2.45) is 62.1 Å². The van der Waals surface area contributed by atoms with Crippen LogP contribution >= 0.6 is 0 Å². The maximum atomic E-state index is 15.9. The third-order valence-electron chi connectivity index (χ3n) is 26.1. The van der Waals surface area contributed by atoms with Crippen molar-refractivity contribution in [3.63, 3.8) is 0 Å². The number of ether oxygens (including phenoxy) is 8. The molecule has 4 heterocycles. The third kappa shape index (κ3) is 14.8. The molecule has 14 unspecified atom stereocenters. The molecular weight excluding hydrogens is 1280 g/mol. The maximum Gasteiger partial charge on any atom is 0.317 e. The van der Waals surface area contributed by atoms with Crippen molar-refractivity contribution >= 4 is 24.1 Å². The van der Waals surface area contributed by atoms with Crippen molar-refractivity contribution in [3.8, 4) is 0 Å². The number of fused-ring (bicyclic) bond motifs is 7. The number of rotatable bonds is 25. The smallest absolute Gasteiger partial charge is 0.317 e. The number of carbonyl (C=O) groups excluding carboxylic acids is 4. The van der Waals surface area contributed by atoms with E-state index in [-0.39, 0.29) is 66.8 Å². The predicted octanol–water partition coefficient (Wildman–Crippen LogP) is 1.18. The highest BCUT2D eigenvalue weighted by Gasteiger charge is 2.72. The lowest BCUT2D eigenvalue weighted by Crippen LogP contribution is -2.69. The largest absolute Gasteiger partial charge is 0.432 e. The number of aliphatic hydroxyl groups is 13. The highest BCUT2D eigenvalue weighted by atomic mass is 16.8. The second-order valence-corrected chi connectivity index (χ2v) is 32.7. The molecule has 8 fully saturated rings. The Morgan fingerprint density at radius 2 is 1.37 bits per heavy atom. The van der Waals surface area contributed by atoms with E-state index >= 15 is 4.79 Å². The Balaban J connectivity index is 0.945. The molecule has 4 saturated carbocycles. The second-order valence-electron chi connectivity index (χ2n) is 32.7. The number of aldehydes is 1. The molecule has 9 rings (SSSR count). The van der Waals surface area contributed by atoms with E-state index in [1.165, 1.54) is 6.92 Å². The second kappa shape index (κ2) is 30.6. The van der Waals surface area contributed by atoms with Crippen molar-refractivity contribution in [1.29, 1.82) is 0 Å². The van der Waals surface area contributed by atoms with E-state index in [9.17, 15) is 80.8 Å². The van der Waals surface area contributed by atoms with Gasteiger partial charge in [-0.05, 0) is 129 Å². The summed E-state index contributed by atoms with van der Waals surface area (Å²) in [5.41, 5.74) is -3.31.